The van der Waals surface area contributed by atoms with E-state index in [2.05, 4.69) is 25.7 Å². The maximum atomic E-state index is 13.2. The van der Waals surface area contributed by atoms with Gasteiger partial charge >= 0.3 is 0 Å². The Hall–Kier alpha value is -3.20. The lowest BCUT2D eigenvalue weighted by Gasteiger charge is -2.06. The Kier molecular flexibility index (Phi) is 4.36. The van der Waals surface area contributed by atoms with Crippen molar-refractivity contribution in [1.29, 1.82) is 0 Å². The Morgan fingerprint density at radius 3 is 2.74 bits per heavy atom. The number of nitrogens with one attached hydrogen (secondary N) is 1. The van der Waals surface area contributed by atoms with Gasteiger partial charge in [0, 0.05) is 5.56 Å². The SMILES string of the molecule is CCc1nnc(NC(=O)c2cc(-c3ccc(F)cc3)nc3onc(C)c23)s1. The van der Waals surface area contributed by atoms with Gasteiger partial charge in [-0.3, -0.25) is 10.1 Å². The molecule has 27 heavy (non-hydrogen) atoms. The van der Waals surface area contributed by atoms with E-state index in [4.69, 9.17) is 4.52 Å². The second-order valence-corrected chi connectivity index (χ2v) is 6.88. The minimum absolute atomic E-state index is 0.242. The molecule has 0 fully saturated rings. The summed E-state index contributed by atoms with van der Waals surface area (Å²) < 4.78 is 18.5. The third-order valence-electron chi connectivity index (χ3n) is 3.99. The Morgan fingerprint density at radius 1 is 1.26 bits per heavy atom. The number of fused-ring (bicyclic) bond motifs is 1. The van der Waals surface area contributed by atoms with Crippen molar-refractivity contribution in [2.45, 2.75) is 20.3 Å². The number of amides is 1. The average Bonchev–Trinajstić information content (AvgIpc) is 3.28. The monoisotopic (exact) mass is 383 g/mol. The number of anilines is 1. The van der Waals surface area contributed by atoms with Crippen LogP contribution < -0.4 is 5.32 Å². The van der Waals surface area contributed by atoms with Crippen LogP contribution in [-0.2, 0) is 6.42 Å². The van der Waals surface area contributed by atoms with Gasteiger partial charge in [0.15, 0.2) is 0 Å². The summed E-state index contributed by atoms with van der Waals surface area (Å²) >= 11 is 1.32. The first-order chi connectivity index (χ1) is 13.0. The Bertz CT molecular complexity index is 1140. The molecule has 4 rings (SSSR count). The number of aryl methyl sites for hydroxylation is 2. The smallest absolute Gasteiger partial charge is 0.259 e. The predicted molar refractivity (Wildman–Crippen MR) is 99.2 cm³/mol. The summed E-state index contributed by atoms with van der Waals surface area (Å²) in [6, 6.07) is 7.48. The summed E-state index contributed by atoms with van der Waals surface area (Å²) in [6.45, 7) is 3.70. The van der Waals surface area contributed by atoms with E-state index in [1.54, 1.807) is 25.1 Å². The van der Waals surface area contributed by atoms with E-state index in [0.717, 1.165) is 11.4 Å². The van der Waals surface area contributed by atoms with Crippen LogP contribution in [0.15, 0.2) is 34.9 Å². The zero-order valence-corrected chi connectivity index (χ0v) is 15.3. The first-order valence-corrected chi connectivity index (χ1v) is 9.03. The van der Waals surface area contributed by atoms with Crippen molar-refractivity contribution >= 4 is 33.5 Å². The number of hydrogen-bond donors (Lipinski definition) is 1. The molecular weight excluding hydrogens is 369 g/mol. The average molecular weight is 383 g/mol. The second kappa shape index (κ2) is 6.84. The third kappa shape index (κ3) is 3.28. The van der Waals surface area contributed by atoms with Gasteiger partial charge in [-0.1, -0.05) is 23.4 Å². The summed E-state index contributed by atoms with van der Waals surface area (Å²) in [5.41, 5.74) is 2.29. The lowest BCUT2D eigenvalue weighted by atomic mass is 10.1. The number of aromatic nitrogens is 4. The van der Waals surface area contributed by atoms with E-state index >= 15 is 0 Å². The van der Waals surface area contributed by atoms with Crippen molar-refractivity contribution in [2.75, 3.05) is 5.32 Å². The van der Waals surface area contributed by atoms with E-state index < -0.39 is 0 Å². The van der Waals surface area contributed by atoms with Gasteiger partial charge in [-0.05, 0) is 43.7 Å². The standard InChI is InChI=1S/C18H14FN5O2S/c1-3-14-22-23-18(27-14)21-16(25)12-8-13(10-4-6-11(19)7-5-10)20-17-15(12)9(2)24-26-17/h4-8H,3H2,1-2H3,(H,21,23,25). The van der Waals surface area contributed by atoms with Gasteiger partial charge in [0.1, 0.15) is 10.8 Å². The number of nitrogens with zero attached hydrogens (tertiary/aromatic N) is 4. The maximum absolute atomic E-state index is 13.2. The summed E-state index contributed by atoms with van der Waals surface area (Å²) in [5, 5.41) is 16.4. The topological polar surface area (TPSA) is 93.8 Å². The molecule has 0 bridgehead atoms. The van der Waals surface area contributed by atoms with Gasteiger partial charge in [0.25, 0.3) is 11.6 Å². The van der Waals surface area contributed by atoms with Gasteiger partial charge in [-0.25, -0.2) is 9.37 Å². The number of pyridine rings is 1. The fourth-order valence-electron chi connectivity index (χ4n) is 2.65. The summed E-state index contributed by atoms with van der Waals surface area (Å²) in [4.78, 5) is 17.3. The third-order valence-corrected chi connectivity index (χ3v) is 4.97. The molecule has 136 valence electrons. The number of benzene rings is 1. The quantitative estimate of drug-likeness (QED) is 0.572. The van der Waals surface area contributed by atoms with Crippen LogP contribution in [0.1, 0.15) is 28.0 Å². The largest absolute Gasteiger partial charge is 0.335 e. The molecule has 4 aromatic rings. The van der Waals surface area contributed by atoms with Gasteiger partial charge in [-0.2, -0.15) is 0 Å². The van der Waals surface area contributed by atoms with Crippen LogP contribution in [0.4, 0.5) is 9.52 Å². The van der Waals surface area contributed by atoms with Gasteiger partial charge in [-0.15, -0.1) is 10.2 Å². The summed E-state index contributed by atoms with van der Waals surface area (Å²) in [5.74, 6) is -0.716. The molecule has 3 heterocycles. The predicted octanol–water partition coefficient (Wildman–Crippen LogP) is 4.00. The van der Waals surface area contributed by atoms with Gasteiger partial charge < -0.3 is 4.52 Å². The van der Waals surface area contributed by atoms with Crippen LogP contribution in [0.25, 0.3) is 22.4 Å². The molecule has 1 N–H and O–H groups in total. The lowest BCUT2D eigenvalue weighted by Crippen LogP contribution is -2.13. The molecule has 0 aliphatic carbocycles. The highest BCUT2D eigenvalue weighted by Gasteiger charge is 2.20. The molecule has 1 amide bonds. The fraction of sp³-hybridized carbons (Fsp3) is 0.167. The molecule has 0 saturated heterocycles. The zero-order valence-electron chi connectivity index (χ0n) is 14.5. The Balaban J connectivity index is 1.78. The van der Waals surface area contributed by atoms with Crippen LogP contribution in [0.2, 0.25) is 0 Å². The zero-order chi connectivity index (χ0) is 19.0. The first kappa shape index (κ1) is 17.2. The molecular formula is C18H14FN5O2S. The van der Waals surface area contributed by atoms with Crippen molar-refractivity contribution in [2.24, 2.45) is 0 Å². The number of hydrogen-bond acceptors (Lipinski definition) is 7. The highest BCUT2D eigenvalue weighted by molar-refractivity contribution is 7.15. The van der Waals surface area contributed by atoms with Crippen molar-refractivity contribution in [3.63, 3.8) is 0 Å². The molecule has 1 aromatic carbocycles. The number of halogens is 1. The second-order valence-electron chi connectivity index (χ2n) is 5.82. The van der Waals surface area contributed by atoms with Crippen LogP contribution >= 0.6 is 11.3 Å². The van der Waals surface area contributed by atoms with Crippen LogP contribution in [-0.4, -0.2) is 26.2 Å². The minimum Gasteiger partial charge on any atom is -0.335 e. The fourth-order valence-corrected chi connectivity index (χ4v) is 3.33. The summed E-state index contributed by atoms with van der Waals surface area (Å²) in [6.07, 6.45) is 0.743. The Morgan fingerprint density at radius 2 is 2.04 bits per heavy atom. The summed E-state index contributed by atoms with van der Waals surface area (Å²) in [7, 11) is 0. The molecule has 0 spiro atoms. The molecule has 0 radical (unpaired) electrons. The van der Waals surface area contributed by atoms with E-state index in [0.29, 0.717) is 33.0 Å². The van der Waals surface area contributed by atoms with E-state index in [9.17, 15) is 9.18 Å². The number of rotatable bonds is 4. The van der Waals surface area contributed by atoms with Gasteiger partial charge in [0.2, 0.25) is 5.13 Å². The molecule has 0 aliphatic rings. The molecule has 9 heteroatoms. The molecule has 7 nitrogen and oxygen atoms in total. The van der Waals surface area contributed by atoms with Crippen molar-refractivity contribution < 1.29 is 13.7 Å². The van der Waals surface area contributed by atoms with Crippen molar-refractivity contribution in [3.05, 3.63) is 52.4 Å². The van der Waals surface area contributed by atoms with Crippen LogP contribution in [0, 0.1) is 12.7 Å². The number of carbonyl (C=O) groups is 1. The minimum atomic E-state index is -0.365. The highest BCUT2D eigenvalue weighted by Crippen LogP contribution is 2.28. The highest BCUT2D eigenvalue weighted by atomic mass is 32.1. The van der Waals surface area contributed by atoms with E-state index in [-0.39, 0.29) is 17.4 Å². The molecule has 0 aliphatic heterocycles. The van der Waals surface area contributed by atoms with Gasteiger partial charge in [0.05, 0.1) is 22.3 Å². The van der Waals surface area contributed by atoms with E-state index in [1.807, 2.05) is 6.92 Å². The maximum Gasteiger partial charge on any atom is 0.259 e. The molecule has 0 atom stereocenters. The van der Waals surface area contributed by atoms with Crippen LogP contribution in [0.3, 0.4) is 0 Å². The first-order valence-electron chi connectivity index (χ1n) is 8.22. The number of carbonyl (C=O) groups excluding carboxylic acids is 1. The Labute approximate surface area is 157 Å². The van der Waals surface area contributed by atoms with Crippen molar-refractivity contribution in [1.82, 2.24) is 20.3 Å². The normalized spacial score (nSPS) is 11.1. The van der Waals surface area contributed by atoms with Crippen molar-refractivity contribution in [3.8, 4) is 11.3 Å². The molecule has 0 unspecified atom stereocenters. The van der Waals surface area contributed by atoms with Crippen LogP contribution in [0.5, 0.6) is 0 Å². The van der Waals surface area contributed by atoms with E-state index in [1.165, 1.54) is 23.5 Å². The lowest BCUT2D eigenvalue weighted by molar-refractivity contribution is 0.102. The molecule has 3 aromatic heterocycles. The molecule has 0 saturated carbocycles.